The molecule has 0 aromatic carbocycles. The lowest BCUT2D eigenvalue weighted by atomic mass is 10.2. The smallest absolute Gasteiger partial charge is 0.214 e. The summed E-state index contributed by atoms with van der Waals surface area (Å²) in [5, 5.41) is 0. The number of imidazole rings is 1. The van der Waals surface area contributed by atoms with Gasteiger partial charge in [-0.1, -0.05) is 0 Å². The molecule has 2 aliphatic heterocycles. The van der Waals surface area contributed by atoms with Crippen LogP contribution < -0.4 is 0 Å². The number of hydrogen-bond donors (Lipinski definition) is 1. The zero-order valence-corrected chi connectivity index (χ0v) is 13.8. The number of hydrogen-bond acceptors (Lipinski definition) is 5. The first-order chi connectivity index (χ1) is 10.6. The van der Waals surface area contributed by atoms with E-state index in [1.165, 1.54) is 0 Å². The second kappa shape index (κ2) is 6.66. The second-order valence-electron chi connectivity index (χ2n) is 6.07. The van der Waals surface area contributed by atoms with Crippen LogP contribution in [0.4, 0.5) is 0 Å². The molecule has 1 N–H and O–H groups in total. The number of nitrogens with one attached hydrogen (secondary N) is 1. The minimum Gasteiger partial charge on any atom is -0.378 e. The van der Waals surface area contributed by atoms with Crippen LogP contribution >= 0.6 is 0 Å². The fourth-order valence-corrected chi connectivity index (χ4v) is 4.68. The van der Waals surface area contributed by atoms with Gasteiger partial charge in [-0.25, -0.2) is 13.4 Å². The van der Waals surface area contributed by atoms with Crippen molar-refractivity contribution in [1.82, 2.24) is 19.2 Å². The van der Waals surface area contributed by atoms with E-state index in [-0.39, 0.29) is 17.9 Å². The first-order valence-electron chi connectivity index (χ1n) is 7.85. The first kappa shape index (κ1) is 15.9. The normalized spacial score (nSPS) is 28.2. The summed E-state index contributed by atoms with van der Waals surface area (Å²) in [7, 11) is -1.23. The molecule has 0 saturated carbocycles. The number of aromatic amines is 1. The van der Waals surface area contributed by atoms with Crippen LogP contribution in [-0.2, 0) is 14.8 Å². The van der Waals surface area contributed by atoms with E-state index in [0.29, 0.717) is 26.1 Å². The van der Waals surface area contributed by atoms with Gasteiger partial charge in [-0.05, 0) is 26.3 Å². The number of ether oxygens (including phenoxy) is 1. The Hall–Kier alpha value is -0.960. The molecule has 2 atom stereocenters. The third-order valence-electron chi connectivity index (χ3n) is 4.56. The van der Waals surface area contributed by atoms with Gasteiger partial charge in [-0.15, -0.1) is 0 Å². The number of sulfonamides is 1. The number of rotatable bonds is 5. The van der Waals surface area contributed by atoms with E-state index in [4.69, 9.17) is 4.74 Å². The fraction of sp³-hybridized carbons (Fsp3) is 0.786. The van der Waals surface area contributed by atoms with Gasteiger partial charge in [0, 0.05) is 38.6 Å². The van der Waals surface area contributed by atoms with Crippen molar-refractivity contribution in [2.45, 2.75) is 31.4 Å². The average molecular weight is 328 g/mol. The molecule has 1 aromatic rings. The van der Waals surface area contributed by atoms with E-state index in [9.17, 15) is 8.42 Å². The van der Waals surface area contributed by atoms with Gasteiger partial charge in [0.25, 0.3) is 0 Å². The van der Waals surface area contributed by atoms with Crippen molar-refractivity contribution >= 4 is 10.0 Å². The minimum absolute atomic E-state index is 0.0127. The van der Waals surface area contributed by atoms with Crippen molar-refractivity contribution in [3.05, 3.63) is 18.2 Å². The second-order valence-corrected chi connectivity index (χ2v) is 8.16. The van der Waals surface area contributed by atoms with Crippen molar-refractivity contribution in [2.24, 2.45) is 0 Å². The van der Waals surface area contributed by atoms with E-state index in [0.717, 1.165) is 25.3 Å². The summed E-state index contributed by atoms with van der Waals surface area (Å²) in [6.07, 6.45) is 6.21. The molecule has 22 heavy (non-hydrogen) atoms. The highest BCUT2D eigenvalue weighted by Gasteiger charge is 2.34. The number of H-pyrrole nitrogens is 1. The monoisotopic (exact) mass is 328 g/mol. The van der Waals surface area contributed by atoms with Gasteiger partial charge < -0.3 is 9.72 Å². The molecule has 2 saturated heterocycles. The molecular weight excluding hydrogens is 304 g/mol. The first-order valence-corrected chi connectivity index (χ1v) is 9.46. The summed E-state index contributed by atoms with van der Waals surface area (Å²) < 4.78 is 32.3. The third kappa shape index (κ3) is 3.51. The Balaban J connectivity index is 1.63. The molecule has 3 heterocycles. The van der Waals surface area contributed by atoms with E-state index >= 15 is 0 Å². The lowest BCUT2D eigenvalue weighted by molar-refractivity contribution is 0.107. The van der Waals surface area contributed by atoms with Crippen LogP contribution in [0.5, 0.6) is 0 Å². The molecule has 1 aromatic heterocycles. The van der Waals surface area contributed by atoms with Gasteiger partial charge in [0.2, 0.25) is 10.0 Å². The van der Waals surface area contributed by atoms with Crippen LogP contribution in [0.25, 0.3) is 0 Å². The van der Waals surface area contributed by atoms with Crippen molar-refractivity contribution in [2.75, 3.05) is 39.0 Å². The molecule has 0 spiro atoms. The van der Waals surface area contributed by atoms with Gasteiger partial charge in [0.1, 0.15) is 5.82 Å². The lowest BCUT2D eigenvalue weighted by Crippen LogP contribution is -2.50. The summed E-state index contributed by atoms with van der Waals surface area (Å²) in [6.45, 7) is 2.48. The van der Waals surface area contributed by atoms with Crippen LogP contribution in [0, 0.1) is 0 Å². The Morgan fingerprint density at radius 1 is 1.45 bits per heavy atom. The van der Waals surface area contributed by atoms with Gasteiger partial charge in [-0.2, -0.15) is 4.31 Å². The Morgan fingerprint density at radius 3 is 3.00 bits per heavy atom. The van der Waals surface area contributed by atoms with Crippen LogP contribution in [0.15, 0.2) is 12.4 Å². The predicted octanol–water partition coefficient (Wildman–Crippen LogP) is 0.597. The molecule has 8 heteroatoms. The number of piperazine rings is 1. The predicted molar refractivity (Wildman–Crippen MR) is 82.9 cm³/mol. The summed E-state index contributed by atoms with van der Waals surface area (Å²) in [5.41, 5.74) is 0. The van der Waals surface area contributed by atoms with Crippen molar-refractivity contribution in [3.8, 4) is 0 Å². The molecule has 3 rings (SSSR count). The fourth-order valence-electron chi connectivity index (χ4n) is 3.14. The van der Waals surface area contributed by atoms with Crippen molar-refractivity contribution in [1.29, 1.82) is 0 Å². The topological polar surface area (TPSA) is 78.5 Å². The Bertz CT molecular complexity index is 569. The van der Waals surface area contributed by atoms with Crippen LogP contribution in [0.3, 0.4) is 0 Å². The van der Waals surface area contributed by atoms with E-state index in [2.05, 4.69) is 14.9 Å². The van der Waals surface area contributed by atoms with Gasteiger partial charge in [0.15, 0.2) is 0 Å². The molecule has 124 valence electrons. The molecule has 0 radical (unpaired) electrons. The summed E-state index contributed by atoms with van der Waals surface area (Å²) in [5.74, 6) is 0.994. The minimum atomic E-state index is -3.23. The van der Waals surface area contributed by atoms with Crippen molar-refractivity contribution in [3.63, 3.8) is 0 Å². The molecular formula is C14H24N4O3S. The number of aromatic nitrogens is 2. The van der Waals surface area contributed by atoms with Crippen LogP contribution in [-0.4, -0.2) is 72.7 Å². The molecule has 2 aliphatic rings. The van der Waals surface area contributed by atoms with Gasteiger partial charge in [-0.3, -0.25) is 4.90 Å². The van der Waals surface area contributed by atoms with Crippen LogP contribution in [0.1, 0.15) is 31.1 Å². The summed E-state index contributed by atoms with van der Waals surface area (Å²) in [4.78, 5) is 9.51. The van der Waals surface area contributed by atoms with E-state index in [1.54, 1.807) is 16.7 Å². The maximum Gasteiger partial charge on any atom is 0.214 e. The largest absolute Gasteiger partial charge is 0.378 e. The average Bonchev–Trinajstić information content (AvgIpc) is 3.19. The molecule has 0 amide bonds. The number of nitrogens with zero attached hydrogens (tertiary/aromatic N) is 3. The Morgan fingerprint density at radius 2 is 2.32 bits per heavy atom. The van der Waals surface area contributed by atoms with Crippen LogP contribution in [0.2, 0.25) is 0 Å². The maximum absolute atomic E-state index is 12.6. The zero-order valence-electron chi connectivity index (χ0n) is 12.9. The Labute approximate surface area is 131 Å². The molecule has 0 aliphatic carbocycles. The van der Waals surface area contributed by atoms with E-state index in [1.807, 2.05) is 7.05 Å². The standard InChI is InChI=1S/C14H24N4O3S/c1-17-7-8-18(11-13(17)14-15-5-6-16-14)22(19,20)10-4-12-3-2-9-21-12/h5-6,12-13H,2-4,7-11H2,1H3,(H,15,16)/t12-,13-/m0/s1. The Kier molecular flexibility index (Phi) is 4.82. The number of likely N-dealkylation sites (N-methyl/N-ethyl adjacent to an activating group) is 1. The van der Waals surface area contributed by atoms with Gasteiger partial charge >= 0.3 is 0 Å². The molecule has 0 unspecified atom stereocenters. The highest BCUT2D eigenvalue weighted by molar-refractivity contribution is 7.89. The lowest BCUT2D eigenvalue weighted by Gasteiger charge is -2.37. The molecule has 2 fully saturated rings. The third-order valence-corrected chi connectivity index (χ3v) is 6.43. The van der Waals surface area contributed by atoms with Crippen molar-refractivity contribution < 1.29 is 13.2 Å². The quantitative estimate of drug-likeness (QED) is 0.856. The SMILES string of the molecule is CN1CCN(S(=O)(=O)CC[C@@H]2CCCO2)C[C@H]1c1ncc[nH]1. The molecule has 7 nitrogen and oxygen atoms in total. The van der Waals surface area contributed by atoms with Gasteiger partial charge in [0.05, 0.1) is 17.9 Å². The summed E-state index contributed by atoms with van der Waals surface area (Å²) in [6, 6.07) is -0.0127. The van der Waals surface area contributed by atoms with E-state index < -0.39 is 10.0 Å². The maximum atomic E-state index is 12.6. The zero-order chi connectivity index (χ0) is 15.6. The summed E-state index contributed by atoms with van der Waals surface area (Å²) >= 11 is 0. The highest BCUT2D eigenvalue weighted by atomic mass is 32.2. The molecule has 0 bridgehead atoms. The highest BCUT2D eigenvalue weighted by Crippen LogP contribution is 2.24.